The largest absolute Gasteiger partial charge is 0.497 e. The molecule has 2 N–H and O–H groups in total. The minimum Gasteiger partial charge on any atom is -0.497 e. The molecule has 4 aromatic rings. The van der Waals surface area contributed by atoms with Crippen LogP contribution in [-0.2, 0) is 13.0 Å². The summed E-state index contributed by atoms with van der Waals surface area (Å²) in [7, 11) is 1.63. The Bertz CT molecular complexity index is 1070. The maximum Gasteiger partial charge on any atom is 0.343 e. The van der Waals surface area contributed by atoms with E-state index in [2.05, 4.69) is 21.2 Å². The highest BCUT2D eigenvalue weighted by Gasteiger charge is 2.12. The number of aromatic nitrogens is 4. The first-order valence-electron chi connectivity index (χ1n) is 8.06. The summed E-state index contributed by atoms with van der Waals surface area (Å²) in [6, 6.07) is 15.8. The summed E-state index contributed by atoms with van der Waals surface area (Å²) in [6.45, 7) is 0.449. The van der Waals surface area contributed by atoms with Crippen LogP contribution in [0.15, 0.2) is 59.5 Å². The molecule has 0 spiro atoms. The van der Waals surface area contributed by atoms with Gasteiger partial charge in [-0.15, -0.1) is 0 Å². The molecule has 0 aliphatic rings. The summed E-state index contributed by atoms with van der Waals surface area (Å²) in [6.07, 6.45) is 2.55. The molecule has 0 saturated heterocycles. The number of para-hydroxylation sites is 1. The summed E-state index contributed by atoms with van der Waals surface area (Å²) in [5.74, 6) is 1.48. The van der Waals surface area contributed by atoms with E-state index in [1.165, 1.54) is 0 Å². The van der Waals surface area contributed by atoms with E-state index in [4.69, 9.17) is 4.74 Å². The normalized spacial score (nSPS) is 11.1. The van der Waals surface area contributed by atoms with E-state index in [9.17, 15) is 4.79 Å². The van der Waals surface area contributed by atoms with Gasteiger partial charge in [0.2, 0.25) is 0 Å². The van der Waals surface area contributed by atoms with E-state index >= 15 is 0 Å². The van der Waals surface area contributed by atoms with Crippen LogP contribution in [0, 0.1) is 0 Å². The van der Waals surface area contributed by atoms with E-state index in [1.54, 1.807) is 11.7 Å². The molecular weight excluding hydrogens is 316 g/mol. The minimum atomic E-state index is -0.210. The van der Waals surface area contributed by atoms with E-state index in [1.807, 2.05) is 48.7 Å². The van der Waals surface area contributed by atoms with Crippen LogP contribution in [0.3, 0.4) is 0 Å². The van der Waals surface area contributed by atoms with Crippen LogP contribution in [0.25, 0.3) is 10.9 Å². The molecule has 0 bridgehead atoms. The number of rotatable bonds is 5. The molecule has 4 rings (SSSR count). The lowest BCUT2D eigenvalue weighted by Gasteiger charge is -2.07. The average molecular weight is 334 g/mol. The SMILES string of the molecule is COc1cccc(Cn2c(Cc3c[nH]c4ccccc34)n[nH]c2=O)c1. The Hall–Kier alpha value is -3.28. The van der Waals surface area contributed by atoms with Crippen molar-refractivity contribution in [3.05, 3.63) is 82.2 Å². The number of nitrogens with zero attached hydrogens (tertiary/aromatic N) is 2. The molecule has 0 saturated carbocycles. The Kier molecular flexibility index (Phi) is 3.85. The molecule has 0 aliphatic heterocycles. The summed E-state index contributed by atoms with van der Waals surface area (Å²) >= 11 is 0. The number of fused-ring (bicyclic) bond motifs is 1. The highest BCUT2D eigenvalue weighted by atomic mass is 16.5. The fourth-order valence-electron chi connectivity index (χ4n) is 3.05. The summed E-state index contributed by atoms with van der Waals surface area (Å²) in [5, 5.41) is 7.92. The van der Waals surface area contributed by atoms with Crippen LogP contribution in [0.4, 0.5) is 0 Å². The van der Waals surface area contributed by atoms with Gasteiger partial charge in [0.1, 0.15) is 11.6 Å². The molecule has 25 heavy (non-hydrogen) atoms. The second-order valence-corrected chi connectivity index (χ2v) is 5.92. The lowest BCUT2D eigenvalue weighted by Crippen LogP contribution is -2.19. The number of hydrogen-bond donors (Lipinski definition) is 2. The maximum atomic E-state index is 12.2. The van der Waals surface area contributed by atoms with Gasteiger partial charge in [-0.2, -0.15) is 5.10 Å². The number of aromatic amines is 2. The van der Waals surface area contributed by atoms with Gasteiger partial charge < -0.3 is 9.72 Å². The summed E-state index contributed by atoms with van der Waals surface area (Å²) < 4.78 is 6.92. The van der Waals surface area contributed by atoms with Gasteiger partial charge in [0, 0.05) is 23.5 Å². The molecule has 2 heterocycles. The number of hydrogen-bond acceptors (Lipinski definition) is 3. The standard InChI is InChI=1S/C19H18N4O2/c1-25-15-6-4-5-13(9-15)12-23-18(21-22-19(23)24)10-14-11-20-17-8-3-2-7-16(14)17/h2-9,11,20H,10,12H2,1H3,(H,22,24). The topological polar surface area (TPSA) is 75.7 Å². The van der Waals surface area contributed by atoms with Gasteiger partial charge in [-0.25, -0.2) is 9.89 Å². The third-order valence-corrected chi connectivity index (χ3v) is 4.34. The van der Waals surface area contributed by atoms with Crippen molar-refractivity contribution < 1.29 is 4.74 Å². The fourth-order valence-corrected chi connectivity index (χ4v) is 3.05. The number of nitrogens with one attached hydrogen (secondary N) is 2. The number of H-pyrrole nitrogens is 2. The second kappa shape index (κ2) is 6.32. The monoisotopic (exact) mass is 334 g/mol. The first kappa shape index (κ1) is 15.3. The van der Waals surface area contributed by atoms with Crippen molar-refractivity contribution in [3.8, 4) is 5.75 Å². The van der Waals surface area contributed by atoms with E-state index in [-0.39, 0.29) is 5.69 Å². The van der Waals surface area contributed by atoms with Crippen LogP contribution in [0.1, 0.15) is 17.0 Å². The van der Waals surface area contributed by atoms with Crippen molar-refractivity contribution in [2.45, 2.75) is 13.0 Å². The van der Waals surface area contributed by atoms with Crippen LogP contribution in [0.5, 0.6) is 5.75 Å². The predicted octanol–water partition coefficient (Wildman–Crippen LogP) is 2.70. The molecule has 0 fully saturated rings. The smallest absolute Gasteiger partial charge is 0.343 e. The molecule has 0 amide bonds. The number of benzene rings is 2. The lowest BCUT2D eigenvalue weighted by atomic mass is 10.1. The number of methoxy groups -OCH3 is 1. The lowest BCUT2D eigenvalue weighted by molar-refractivity contribution is 0.414. The Labute approximate surface area is 144 Å². The molecule has 2 aromatic carbocycles. The molecule has 2 aromatic heterocycles. The van der Waals surface area contributed by atoms with E-state index in [0.717, 1.165) is 27.8 Å². The van der Waals surface area contributed by atoms with Crippen LogP contribution >= 0.6 is 0 Å². The van der Waals surface area contributed by atoms with E-state index in [0.29, 0.717) is 18.8 Å². The molecule has 126 valence electrons. The zero-order valence-electron chi connectivity index (χ0n) is 13.8. The highest BCUT2D eigenvalue weighted by molar-refractivity contribution is 5.83. The van der Waals surface area contributed by atoms with Crippen molar-refractivity contribution >= 4 is 10.9 Å². The molecular formula is C19H18N4O2. The molecule has 0 unspecified atom stereocenters. The third kappa shape index (κ3) is 2.94. The average Bonchev–Trinajstić information content (AvgIpc) is 3.21. The Morgan fingerprint density at radius 3 is 2.92 bits per heavy atom. The minimum absolute atomic E-state index is 0.210. The Morgan fingerprint density at radius 1 is 1.16 bits per heavy atom. The predicted molar refractivity (Wildman–Crippen MR) is 96.0 cm³/mol. The molecule has 0 aliphatic carbocycles. The van der Waals surface area contributed by atoms with Crippen molar-refractivity contribution in [1.82, 2.24) is 19.7 Å². The van der Waals surface area contributed by atoms with Crippen molar-refractivity contribution in [3.63, 3.8) is 0 Å². The van der Waals surface area contributed by atoms with Gasteiger partial charge in [0.15, 0.2) is 0 Å². The van der Waals surface area contributed by atoms with Gasteiger partial charge in [-0.05, 0) is 29.3 Å². The van der Waals surface area contributed by atoms with Crippen LogP contribution in [0.2, 0.25) is 0 Å². The summed E-state index contributed by atoms with van der Waals surface area (Å²) in [5.41, 5.74) is 2.97. The maximum absolute atomic E-state index is 12.2. The Balaban J connectivity index is 1.66. The van der Waals surface area contributed by atoms with Gasteiger partial charge in [0.25, 0.3) is 0 Å². The van der Waals surface area contributed by atoms with Gasteiger partial charge >= 0.3 is 5.69 Å². The summed E-state index contributed by atoms with van der Waals surface area (Å²) in [4.78, 5) is 15.5. The molecule has 6 nitrogen and oxygen atoms in total. The Morgan fingerprint density at radius 2 is 2.04 bits per heavy atom. The zero-order valence-corrected chi connectivity index (χ0v) is 13.8. The van der Waals surface area contributed by atoms with Gasteiger partial charge in [0.05, 0.1) is 13.7 Å². The van der Waals surface area contributed by atoms with Crippen LogP contribution < -0.4 is 10.4 Å². The first-order chi connectivity index (χ1) is 12.2. The quantitative estimate of drug-likeness (QED) is 0.589. The molecule has 0 radical (unpaired) electrons. The number of ether oxygens (including phenoxy) is 1. The van der Waals surface area contributed by atoms with Crippen LogP contribution in [-0.4, -0.2) is 26.9 Å². The third-order valence-electron chi connectivity index (χ3n) is 4.34. The van der Waals surface area contributed by atoms with Gasteiger partial charge in [-0.3, -0.25) is 4.57 Å². The zero-order chi connectivity index (χ0) is 17.2. The van der Waals surface area contributed by atoms with Gasteiger partial charge in [-0.1, -0.05) is 30.3 Å². The van der Waals surface area contributed by atoms with E-state index < -0.39 is 0 Å². The van der Waals surface area contributed by atoms with Crippen molar-refractivity contribution in [2.75, 3.05) is 7.11 Å². The molecule has 6 heteroatoms. The first-order valence-corrected chi connectivity index (χ1v) is 8.06. The highest BCUT2D eigenvalue weighted by Crippen LogP contribution is 2.20. The van der Waals surface area contributed by atoms with Crippen molar-refractivity contribution in [1.29, 1.82) is 0 Å². The fraction of sp³-hybridized carbons (Fsp3) is 0.158. The molecule has 0 atom stereocenters. The van der Waals surface area contributed by atoms with Crippen molar-refractivity contribution in [2.24, 2.45) is 0 Å². The second-order valence-electron chi connectivity index (χ2n) is 5.92.